The van der Waals surface area contributed by atoms with Gasteiger partial charge in [0.05, 0.1) is 23.9 Å². The molecule has 3 N–H and O–H groups in total. The van der Waals surface area contributed by atoms with Gasteiger partial charge in [-0.15, -0.1) is 0 Å². The summed E-state index contributed by atoms with van der Waals surface area (Å²) in [7, 11) is 1.58. The first-order valence-electron chi connectivity index (χ1n) is 6.39. The number of nitrogens with zero attached hydrogens (tertiary/aromatic N) is 2. The summed E-state index contributed by atoms with van der Waals surface area (Å²) in [4.78, 5) is 8.13. The van der Waals surface area contributed by atoms with Crippen LogP contribution >= 0.6 is 11.6 Å². The van der Waals surface area contributed by atoms with E-state index in [1.807, 2.05) is 13.8 Å². The first-order valence-corrected chi connectivity index (χ1v) is 6.76. The number of nitrogens with one attached hydrogen (secondary N) is 1. The molecule has 0 saturated carbocycles. The third kappa shape index (κ3) is 3.66. The predicted octanol–water partition coefficient (Wildman–Crippen LogP) is 3.25. The first-order chi connectivity index (χ1) is 10.0. The number of nitrogen functional groups attached to an aromatic ring is 1. The Balaban J connectivity index is 2.31. The predicted molar refractivity (Wildman–Crippen MR) is 83.5 cm³/mol. The van der Waals surface area contributed by atoms with Gasteiger partial charge in [0.25, 0.3) is 0 Å². The van der Waals surface area contributed by atoms with Crippen LogP contribution in [-0.4, -0.2) is 23.2 Å². The molecular formula is C14H17ClN4O2. The quantitative estimate of drug-likeness (QED) is 0.882. The molecule has 0 saturated heterocycles. The Morgan fingerprint density at radius 1 is 1.29 bits per heavy atom. The number of nitrogens with two attached hydrogens (primary N) is 1. The van der Waals surface area contributed by atoms with Gasteiger partial charge < -0.3 is 20.5 Å². The molecule has 0 spiro atoms. The molecule has 0 bridgehead atoms. The zero-order valence-corrected chi connectivity index (χ0v) is 12.8. The number of anilines is 3. The van der Waals surface area contributed by atoms with Crippen molar-refractivity contribution in [1.82, 2.24) is 9.97 Å². The van der Waals surface area contributed by atoms with Crippen LogP contribution in [0, 0.1) is 0 Å². The number of methoxy groups -OCH3 is 1. The number of aromatic nitrogens is 2. The third-order valence-electron chi connectivity index (χ3n) is 2.62. The fourth-order valence-corrected chi connectivity index (χ4v) is 1.82. The van der Waals surface area contributed by atoms with Crippen LogP contribution in [0.2, 0.25) is 5.02 Å². The van der Waals surface area contributed by atoms with Crippen LogP contribution in [0.4, 0.5) is 17.2 Å². The highest BCUT2D eigenvalue weighted by molar-refractivity contribution is 6.33. The Morgan fingerprint density at radius 3 is 2.71 bits per heavy atom. The highest BCUT2D eigenvalue weighted by Gasteiger charge is 2.12. The van der Waals surface area contributed by atoms with Gasteiger partial charge in [0.15, 0.2) is 5.82 Å². The van der Waals surface area contributed by atoms with Gasteiger partial charge in [0.1, 0.15) is 17.8 Å². The third-order valence-corrected chi connectivity index (χ3v) is 2.95. The molecule has 2 rings (SSSR count). The lowest BCUT2D eigenvalue weighted by Crippen LogP contribution is -2.11. The van der Waals surface area contributed by atoms with Crippen LogP contribution < -0.4 is 20.5 Å². The lowest BCUT2D eigenvalue weighted by molar-refractivity contribution is 0.234. The van der Waals surface area contributed by atoms with Gasteiger partial charge in [-0.1, -0.05) is 11.6 Å². The normalized spacial score (nSPS) is 10.5. The lowest BCUT2D eigenvalue weighted by Gasteiger charge is -2.14. The molecule has 1 aromatic heterocycles. The second kappa shape index (κ2) is 6.49. The molecule has 112 valence electrons. The molecule has 7 heteroatoms. The number of ether oxygens (including phenoxy) is 2. The maximum atomic E-state index is 6.15. The average molecular weight is 309 g/mol. The minimum atomic E-state index is -0.0320. The van der Waals surface area contributed by atoms with E-state index < -0.39 is 0 Å². The van der Waals surface area contributed by atoms with Crippen molar-refractivity contribution in [2.45, 2.75) is 20.0 Å². The molecular weight excluding hydrogens is 292 g/mol. The van der Waals surface area contributed by atoms with Gasteiger partial charge in [-0.25, -0.2) is 4.98 Å². The van der Waals surface area contributed by atoms with Crippen LogP contribution in [0.3, 0.4) is 0 Å². The Morgan fingerprint density at radius 2 is 2.05 bits per heavy atom. The van der Waals surface area contributed by atoms with E-state index >= 15 is 0 Å². The average Bonchev–Trinajstić information content (AvgIpc) is 2.45. The van der Waals surface area contributed by atoms with Gasteiger partial charge in [-0.3, -0.25) is 0 Å². The van der Waals surface area contributed by atoms with E-state index in [1.54, 1.807) is 25.3 Å². The smallest absolute Gasteiger partial charge is 0.242 e. The standard InChI is InChI=1S/C14H17ClN4O2/c1-8(2)21-14-12(16)13(17-7-18-14)19-11-6-9(20-3)4-5-10(11)15/h4-8H,16H2,1-3H3,(H,17,18,19). The number of hydrogen-bond acceptors (Lipinski definition) is 6. The van der Waals surface area contributed by atoms with Gasteiger partial charge in [-0.2, -0.15) is 4.98 Å². The van der Waals surface area contributed by atoms with E-state index in [-0.39, 0.29) is 6.10 Å². The number of halogens is 1. The summed E-state index contributed by atoms with van der Waals surface area (Å²) in [5, 5.41) is 3.59. The molecule has 21 heavy (non-hydrogen) atoms. The minimum Gasteiger partial charge on any atom is -0.497 e. The van der Waals surface area contributed by atoms with Crippen LogP contribution in [0.1, 0.15) is 13.8 Å². The summed E-state index contributed by atoms with van der Waals surface area (Å²) >= 11 is 6.15. The van der Waals surface area contributed by atoms with Gasteiger partial charge >= 0.3 is 0 Å². The summed E-state index contributed by atoms with van der Waals surface area (Å²) in [6.45, 7) is 3.79. The van der Waals surface area contributed by atoms with Gasteiger partial charge in [-0.05, 0) is 26.0 Å². The van der Waals surface area contributed by atoms with Gasteiger partial charge in [0.2, 0.25) is 5.88 Å². The fraction of sp³-hybridized carbons (Fsp3) is 0.286. The zero-order chi connectivity index (χ0) is 15.4. The van der Waals surface area contributed by atoms with Gasteiger partial charge in [0, 0.05) is 6.07 Å². The van der Waals surface area contributed by atoms with Crippen LogP contribution in [0.25, 0.3) is 0 Å². The second-order valence-corrected chi connectivity index (χ2v) is 4.99. The molecule has 0 unspecified atom stereocenters. The van der Waals surface area contributed by atoms with Crippen LogP contribution in [-0.2, 0) is 0 Å². The Bertz CT molecular complexity index is 634. The Kier molecular flexibility index (Phi) is 4.70. The molecule has 2 aromatic rings. The molecule has 1 heterocycles. The molecule has 0 radical (unpaired) electrons. The lowest BCUT2D eigenvalue weighted by atomic mass is 10.3. The molecule has 0 atom stereocenters. The molecule has 0 aliphatic heterocycles. The van der Waals surface area contributed by atoms with E-state index in [0.29, 0.717) is 33.8 Å². The van der Waals surface area contributed by atoms with E-state index in [2.05, 4.69) is 15.3 Å². The largest absolute Gasteiger partial charge is 0.497 e. The molecule has 0 aliphatic rings. The summed E-state index contributed by atoms with van der Waals surface area (Å²) < 4.78 is 10.7. The van der Waals surface area contributed by atoms with Crippen molar-refractivity contribution in [3.63, 3.8) is 0 Å². The van der Waals surface area contributed by atoms with E-state index in [4.69, 9.17) is 26.8 Å². The number of hydrogen-bond donors (Lipinski definition) is 2. The topological polar surface area (TPSA) is 82.3 Å². The Hall–Kier alpha value is -2.21. The highest BCUT2D eigenvalue weighted by Crippen LogP contribution is 2.33. The van der Waals surface area contributed by atoms with Crippen LogP contribution in [0.5, 0.6) is 11.6 Å². The Labute approximate surface area is 128 Å². The zero-order valence-electron chi connectivity index (χ0n) is 12.1. The van der Waals surface area contributed by atoms with Crippen LogP contribution in [0.15, 0.2) is 24.5 Å². The van der Waals surface area contributed by atoms with Crippen molar-refractivity contribution in [1.29, 1.82) is 0 Å². The van der Waals surface area contributed by atoms with Crippen molar-refractivity contribution >= 4 is 28.8 Å². The summed E-state index contributed by atoms with van der Waals surface area (Å²) in [5.41, 5.74) is 6.97. The molecule has 6 nitrogen and oxygen atoms in total. The van der Waals surface area contributed by atoms with E-state index in [9.17, 15) is 0 Å². The minimum absolute atomic E-state index is 0.0320. The molecule has 0 aliphatic carbocycles. The molecule has 0 fully saturated rings. The van der Waals surface area contributed by atoms with E-state index in [1.165, 1.54) is 6.33 Å². The number of rotatable bonds is 5. The van der Waals surface area contributed by atoms with Crippen molar-refractivity contribution in [2.24, 2.45) is 0 Å². The highest BCUT2D eigenvalue weighted by atomic mass is 35.5. The summed E-state index contributed by atoms with van der Waals surface area (Å²) in [6, 6.07) is 5.25. The second-order valence-electron chi connectivity index (χ2n) is 4.58. The summed E-state index contributed by atoms with van der Waals surface area (Å²) in [5.74, 6) is 1.44. The maximum absolute atomic E-state index is 6.15. The monoisotopic (exact) mass is 308 g/mol. The van der Waals surface area contributed by atoms with Crippen molar-refractivity contribution in [3.8, 4) is 11.6 Å². The first kappa shape index (κ1) is 15.2. The summed E-state index contributed by atoms with van der Waals surface area (Å²) in [6.07, 6.45) is 1.35. The van der Waals surface area contributed by atoms with Crippen molar-refractivity contribution in [3.05, 3.63) is 29.5 Å². The van der Waals surface area contributed by atoms with Crippen molar-refractivity contribution < 1.29 is 9.47 Å². The molecule has 1 aromatic carbocycles. The number of benzene rings is 1. The van der Waals surface area contributed by atoms with Crippen molar-refractivity contribution in [2.75, 3.05) is 18.2 Å². The SMILES string of the molecule is COc1ccc(Cl)c(Nc2ncnc(OC(C)C)c2N)c1. The maximum Gasteiger partial charge on any atom is 0.242 e. The molecule has 0 amide bonds. The van der Waals surface area contributed by atoms with E-state index in [0.717, 1.165) is 0 Å². The fourth-order valence-electron chi connectivity index (χ4n) is 1.65.